The van der Waals surface area contributed by atoms with Crippen molar-refractivity contribution < 1.29 is 0 Å². The maximum absolute atomic E-state index is 2.40. The molecule has 6 aromatic rings. The first-order valence-corrected chi connectivity index (χ1v) is 17.1. The summed E-state index contributed by atoms with van der Waals surface area (Å²) in [5.41, 5.74) is 3.11. The molecule has 0 aromatic heterocycles. The standard InChI is InChI=1S/C41H34P/c1-4-18-31(19-5-1)42(32-20-6-2-7-21-32,33-22-8-3-9-23-33)29-39-38(28-30-16-10-11-17-30)40-34-24-12-14-26-36(34)41(39)37-27-15-13-25-35(37)40/h1-27,30,38-39H,28-29H2/q+1. The molecule has 42 heavy (non-hydrogen) atoms. The van der Waals surface area contributed by atoms with Crippen LogP contribution >= 0.6 is 7.26 Å². The van der Waals surface area contributed by atoms with E-state index in [0.717, 1.165) is 12.6 Å². The molecule has 0 nitrogen and oxygen atoms in total. The Hall–Kier alpha value is -4.25. The lowest BCUT2D eigenvalue weighted by Gasteiger charge is -2.41. The van der Waals surface area contributed by atoms with Gasteiger partial charge in [-0.3, -0.25) is 0 Å². The second-order valence-electron chi connectivity index (χ2n) is 11.8. The predicted octanol–water partition coefficient (Wildman–Crippen LogP) is 9.30. The van der Waals surface area contributed by atoms with E-state index in [1.165, 1.54) is 37.5 Å². The zero-order valence-corrected chi connectivity index (χ0v) is 24.6. The summed E-state index contributed by atoms with van der Waals surface area (Å²) in [6.07, 6.45) is 11.5. The topological polar surface area (TPSA) is 0 Å². The Morgan fingerprint density at radius 1 is 0.405 bits per heavy atom. The Labute approximate surface area is 249 Å². The average Bonchev–Trinajstić information content (AvgIpc) is 3.59. The fourth-order valence-corrected chi connectivity index (χ4v) is 12.5. The molecule has 9 rings (SSSR count). The molecule has 0 saturated carbocycles. The van der Waals surface area contributed by atoms with Gasteiger partial charge in [-0.15, -0.1) is 0 Å². The highest BCUT2D eigenvalue weighted by Crippen LogP contribution is 2.63. The molecule has 6 aromatic carbocycles. The van der Waals surface area contributed by atoms with Gasteiger partial charge in [0.1, 0.15) is 23.2 Å². The summed E-state index contributed by atoms with van der Waals surface area (Å²) in [5.74, 6) is 1.32. The first kappa shape index (κ1) is 25.5. The predicted molar refractivity (Wildman–Crippen MR) is 183 cm³/mol. The van der Waals surface area contributed by atoms with Crippen LogP contribution in [0.15, 0.2) is 164 Å². The molecule has 1 heteroatoms. The Morgan fingerprint density at radius 2 is 0.762 bits per heavy atom. The third-order valence-electron chi connectivity index (χ3n) is 9.66. The van der Waals surface area contributed by atoms with Crippen LogP contribution in [0, 0.1) is 5.92 Å². The molecule has 0 N–H and O–H groups in total. The quantitative estimate of drug-likeness (QED) is 0.136. The average molecular weight is 558 g/mol. The van der Waals surface area contributed by atoms with Crippen LogP contribution in [-0.2, 0) is 0 Å². The van der Waals surface area contributed by atoms with E-state index in [4.69, 9.17) is 0 Å². The van der Waals surface area contributed by atoms with E-state index in [1.807, 2.05) is 0 Å². The van der Waals surface area contributed by atoms with Crippen LogP contribution in [0.3, 0.4) is 0 Å². The number of rotatable bonds is 7. The number of allylic oxidation sites excluding steroid dienone is 4. The van der Waals surface area contributed by atoms with Crippen molar-refractivity contribution in [2.24, 2.45) is 5.92 Å². The van der Waals surface area contributed by atoms with Crippen LogP contribution in [0.25, 0.3) is 21.5 Å². The van der Waals surface area contributed by atoms with Crippen molar-refractivity contribution in [3.05, 3.63) is 175 Å². The molecular formula is C41H34P+. The van der Waals surface area contributed by atoms with Crippen molar-refractivity contribution in [3.8, 4) is 0 Å². The molecule has 3 aliphatic carbocycles. The van der Waals surface area contributed by atoms with Crippen LogP contribution < -0.4 is 15.9 Å². The maximum Gasteiger partial charge on any atom is 0.112 e. The van der Waals surface area contributed by atoms with Crippen LogP contribution in [0.5, 0.6) is 0 Å². The second-order valence-corrected chi connectivity index (χ2v) is 15.3. The largest absolute Gasteiger partial charge is 0.112 e. The smallest absolute Gasteiger partial charge is 0.0776 e. The monoisotopic (exact) mass is 557 g/mol. The number of hydrogen-bond acceptors (Lipinski definition) is 0. The van der Waals surface area contributed by atoms with Crippen molar-refractivity contribution in [2.75, 3.05) is 6.16 Å². The highest BCUT2D eigenvalue weighted by atomic mass is 31.2. The van der Waals surface area contributed by atoms with Gasteiger partial charge < -0.3 is 0 Å². The Kier molecular flexibility index (Phi) is 6.39. The normalized spacial score (nSPS) is 17.9. The number of benzene rings is 6. The molecule has 3 aliphatic rings. The molecule has 0 saturated heterocycles. The molecule has 2 unspecified atom stereocenters. The Bertz CT molecular complexity index is 1770. The zero-order chi connectivity index (χ0) is 27.9. The molecule has 2 bridgehead atoms. The summed E-state index contributed by atoms with van der Waals surface area (Å²) in [6.45, 7) is 0. The van der Waals surface area contributed by atoms with Gasteiger partial charge in [0.25, 0.3) is 0 Å². The molecule has 0 fully saturated rings. The van der Waals surface area contributed by atoms with E-state index in [-0.39, 0.29) is 0 Å². The lowest BCUT2D eigenvalue weighted by molar-refractivity contribution is 0.507. The van der Waals surface area contributed by atoms with Gasteiger partial charge in [-0.1, -0.05) is 127 Å². The highest BCUT2D eigenvalue weighted by Gasteiger charge is 2.51. The van der Waals surface area contributed by atoms with Gasteiger partial charge in [-0.2, -0.15) is 0 Å². The maximum atomic E-state index is 2.40. The van der Waals surface area contributed by atoms with E-state index >= 15 is 0 Å². The summed E-state index contributed by atoms with van der Waals surface area (Å²) in [6, 6.07) is 52.7. The van der Waals surface area contributed by atoms with Crippen molar-refractivity contribution >= 4 is 44.7 Å². The van der Waals surface area contributed by atoms with Gasteiger partial charge in [-0.25, -0.2) is 0 Å². The fourth-order valence-electron chi connectivity index (χ4n) is 7.93. The zero-order valence-electron chi connectivity index (χ0n) is 23.7. The molecular weight excluding hydrogens is 523 g/mol. The Morgan fingerprint density at radius 3 is 1.17 bits per heavy atom. The summed E-state index contributed by atoms with van der Waals surface area (Å²) < 4.78 is 0. The SMILES string of the molecule is C1=CC(CC2c3c4ccccc4c(c4ccccc34)C2C[P+](c2ccccc2)(c2ccccc2)c2ccccc2)C=C1. The van der Waals surface area contributed by atoms with Crippen molar-refractivity contribution in [2.45, 2.75) is 18.3 Å². The third-order valence-corrected chi connectivity index (χ3v) is 14.1. The Balaban J connectivity index is 1.43. The van der Waals surface area contributed by atoms with Crippen molar-refractivity contribution in [3.63, 3.8) is 0 Å². The lowest BCUT2D eigenvalue weighted by Crippen LogP contribution is -2.37. The summed E-state index contributed by atoms with van der Waals surface area (Å²) in [5, 5.41) is 10.2. The molecule has 0 amide bonds. The van der Waals surface area contributed by atoms with Crippen molar-refractivity contribution in [1.29, 1.82) is 0 Å². The van der Waals surface area contributed by atoms with Gasteiger partial charge in [0.2, 0.25) is 0 Å². The summed E-state index contributed by atoms with van der Waals surface area (Å²) in [4.78, 5) is 0. The van der Waals surface area contributed by atoms with E-state index in [0.29, 0.717) is 17.8 Å². The van der Waals surface area contributed by atoms with E-state index in [9.17, 15) is 0 Å². The van der Waals surface area contributed by atoms with Gasteiger partial charge in [0.05, 0.1) is 6.16 Å². The third kappa shape index (κ3) is 4.01. The highest BCUT2D eigenvalue weighted by molar-refractivity contribution is 7.95. The van der Waals surface area contributed by atoms with Crippen LogP contribution in [0.4, 0.5) is 0 Å². The van der Waals surface area contributed by atoms with Gasteiger partial charge in [0, 0.05) is 5.92 Å². The molecule has 0 heterocycles. The molecule has 202 valence electrons. The van der Waals surface area contributed by atoms with E-state index in [1.54, 1.807) is 11.1 Å². The number of fused-ring (bicyclic) bond motifs is 1. The van der Waals surface area contributed by atoms with Crippen LogP contribution in [0.1, 0.15) is 29.4 Å². The molecule has 2 atom stereocenters. The lowest BCUT2D eigenvalue weighted by atomic mass is 9.67. The summed E-state index contributed by atoms with van der Waals surface area (Å²) >= 11 is 0. The molecule has 0 spiro atoms. The van der Waals surface area contributed by atoms with Gasteiger partial charge >= 0.3 is 0 Å². The fraction of sp³-hybridized carbons (Fsp3) is 0.122. The van der Waals surface area contributed by atoms with E-state index < -0.39 is 7.26 Å². The summed E-state index contributed by atoms with van der Waals surface area (Å²) in [7, 11) is -2.03. The minimum atomic E-state index is -2.03. The molecule has 0 radical (unpaired) electrons. The minimum Gasteiger partial charge on any atom is -0.0776 e. The molecule has 0 aliphatic heterocycles. The minimum absolute atomic E-state index is 0.404. The van der Waals surface area contributed by atoms with E-state index in [2.05, 4.69) is 164 Å². The van der Waals surface area contributed by atoms with Crippen LogP contribution in [0.2, 0.25) is 0 Å². The van der Waals surface area contributed by atoms with Gasteiger partial charge in [-0.05, 0) is 87.3 Å². The number of hydrogen-bond donors (Lipinski definition) is 0. The van der Waals surface area contributed by atoms with Gasteiger partial charge in [0.15, 0.2) is 0 Å². The second kappa shape index (κ2) is 10.5. The first-order chi connectivity index (χ1) is 20.8. The first-order valence-electron chi connectivity index (χ1n) is 15.2. The van der Waals surface area contributed by atoms with Crippen LogP contribution in [-0.4, -0.2) is 6.16 Å². The van der Waals surface area contributed by atoms with Crippen molar-refractivity contribution in [1.82, 2.24) is 0 Å².